The van der Waals surface area contributed by atoms with Gasteiger partial charge in [0.05, 0.1) is 0 Å². The molecule has 1 aliphatic carbocycles. The number of aliphatic hydroxyl groups excluding tert-OH is 1. The molecule has 1 atom stereocenters. The van der Waals surface area contributed by atoms with E-state index >= 15 is 0 Å². The van der Waals surface area contributed by atoms with Crippen LogP contribution in [-0.2, 0) is 0 Å². The Hall–Kier alpha value is -0.960. The molecule has 0 bridgehead atoms. The molecule has 0 amide bonds. The lowest BCUT2D eigenvalue weighted by atomic mass is 9.93. The van der Waals surface area contributed by atoms with Crippen molar-refractivity contribution in [2.75, 3.05) is 0 Å². The van der Waals surface area contributed by atoms with Crippen molar-refractivity contribution in [1.82, 2.24) is 9.97 Å². The second kappa shape index (κ2) is 5.39. The Bertz CT molecular complexity index is 315. The monoisotopic (exact) mass is 220 g/mol. The molecule has 88 valence electrons. The van der Waals surface area contributed by atoms with Gasteiger partial charge < -0.3 is 5.11 Å². The molecule has 1 saturated carbocycles. The molecule has 1 aliphatic rings. The first kappa shape index (κ1) is 11.5. The second-order valence-electron chi connectivity index (χ2n) is 4.82. The number of rotatable bonds is 2. The zero-order valence-corrected chi connectivity index (χ0v) is 9.89. The van der Waals surface area contributed by atoms with Crippen LogP contribution in [0, 0.1) is 12.8 Å². The van der Waals surface area contributed by atoms with E-state index in [1.807, 2.05) is 6.92 Å². The maximum absolute atomic E-state index is 10.2. The summed E-state index contributed by atoms with van der Waals surface area (Å²) in [6.07, 6.45) is 10.4. The maximum Gasteiger partial charge on any atom is 0.157 e. The standard InChI is InChI=1S/C13H20N2O/c1-10-8-14-13(15-9-10)12(16)11-6-4-2-3-5-7-11/h8-9,11-12,16H,2-7H2,1H3. The van der Waals surface area contributed by atoms with Gasteiger partial charge in [0, 0.05) is 12.4 Å². The fraction of sp³-hybridized carbons (Fsp3) is 0.692. The van der Waals surface area contributed by atoms with Gasteiger partial charge in [-0.15, -0.1) is 0 Å². The van der Waals surface area contributed by atoms with Gasteiger partial charge in [0.15, 0.2) is 5.82 Å². The van der Waals surface area contributed by atoms with Gasteiger partial charge in [-0.1, -0.05) is 25.7 Å². The van der Waals surface area contributed by atoms with Gasteiger partial charge in [-0.2, -0.15) is 0 Å². The van der Waals surface area contributed by atoms with Crippen LogP contribution in [0.1, 0.15) is 56.0 Å². The van der Waals surface area contributed by atoms with Crippen LogP contribution in [0.15, 0.2) is 12.4 Å². The van der Waals surface area contributed by atoms with Crippen LogP contribution in [0.25, 0.3) is 0 Å². The summed E-state index contributed by atoms with van der Waals surface area (Å²) in [5, 5.41) is 10.2. The fourth-order valence-electron chi connectivity index (χ4n) is 2.39. The lowest BCUT2D eigenvalue weighted by Crippen LogP contribution is -2.14. The Balaban J connectivity index is 2.04. The van der Waals surface area contributed by atoms with Gasteiger partial charge in [-0.3, -0.25) is 0 Å². The topological polar surface area (TPSA) is 46.0 Å². The third kappa shape index (κ3) is 2.79. The summed E-state index contributed by atoms with van der Waals surface area (Å²) in [5.41, 5.74) is 1.04. The van der Waals surface area contributed by atoms with E-state index in [2.05, 4.69) is 9.97 Å². The highest BCUT2D eigenvalue weighted by molar-refractivity contribution is 5.04. The van der Waals surface area contributed by atoms with Crippen molar-refractivity contribution in [2.24, 2.45) is 5.92 Å². The number of nitrogens with zero attached hydrogens (tertiary/aromatic N) is 2. The van der Waals surface area contributed by atoms with E-state index in [9.17, 15) is 5.11 Å². The van der Waals surface area contributed by atoms with Gasteiger partial charge in [-0.05, 0) is 31.2 Å². The Morgan fingerprint density at radius 2 is 1.69 bits per heavy atom. The molecule has 3 nitrogen and oxygen atoms in total. The molecule has 1 fully saturated rings. The van der Waals surface area contributed by atoms with Crippen molar-refractivity contribution in [3.05, 3.63) is 23.8 Å². The van der Waals surface area contributed by atoms with Crippen LogP contribution in [0.2, 0.25) is 0 Å². The number of aromatic nitrogens is 2. The number of hydrogen-bond acceptors (Lipinski definition) is 3. The van der Waals surface area contributed by atoms with E-state index in [4.69, 9.17) is 0 Å². The van der Waals surface area contributed by atoms with Crippen LogP contribution in [0.5, 0.6) is 0 Å². The summed E-state index contributed by atoms with van der Waals surface area (Å²) >= 11 is 0. The average Bonchev–Trinajstić information content (AvgIpc) is 2.57. The predicted octanol–water partition coefficient (Wildman–Crippen LogP) is 2.79. The SMILES string of the molecule is Cc1cnc(C(O)C2CCCCCC2)nc1. The highest BCUT2D eigenvalue weighted by Gasteiger charge is 2.23. The summed E-state index contributed by atoms with van der Waals surface area (Å²) in [6, 6.07) is 0. The molecule has 3 heteroatoms. The summed E-state index contributed by atoms with van der Waals surface area (Å²) in [5.74, 6) is 0.947. The van der Waals surface area contributed by atoms with Crippen molar-refractivity contribution in [3.63, 3.8) is 0 Å². The smallest absolute Gasteiger partial charge is 0.157 e. The largest absolute Gasteiger partial charge is 0.385 e. The molecule has 16 heavy (non-hydrogen) atoms. The minimum atomic E-state index is -0.473. The summed E-state index contributed by atoms with van der Waals surface area (Å²) < 4.78 is 0. The van der Waals surface area contributed by atoms with E-state index in [-0.39, 0.29) is 0 Å². The van der Waals surface area contributed by atoms with Gasteiger partial charge in [-0.25, -0.2) is 9.97 Å². The van der Waals surface area contributed by atoms with E-state index in [1.54, 1.807) is 12.4 Å². The minimum absolute atomic E-state index is 0.352. The highest BCUT2D eigenvalue weighted by atomic mass is 16.3. The van der Waals surface area contributed by atoms with Crippen LogP contribution in [-0.4, -0.2) is 15.1 Å². The number of hydrogen-bond donors (Lipinski definition) is 1. The van der Waals surface area contributed by atoms with Crippen LogP contribution in [0.3, 0.4) is 0 Å². The lowest BCUT2D eigenvalue weighted by Gasteiger charge is -2.19. The maximum atomic E-state index is 10.2. The molecule has 1 aromatic rings. The van der Waals surface area contributed by atoms with E-state index < -0.39 is 6.10 Å². The average molecular weight is 220 g/mol. The lowest BCUT2D eigenvalue weighted by molar-refractivity contribution is 0.0904. The normalized spacial score (nSPS) is 20.4. The zero-order chi connectivity index (χ0) is 11.4. The minimum Gasteiger partial charge on any atom is -0.385 e. The Kier molecular flexibility index (Phi) is 3.88. The molecule has 0 radical (unpaired) electrons. The van der Waals surface area contributed by atoms with Gasteiger partial charge in [0.2, 0.25) is 0 Å². The van der Waals surface area contributed by atoms with Crippen LogP contribution < -0.4 is 0 Å². The van der Waals surface area contributed by atoms with Crippen LogP contribution >= 0.6 is 0 Å². The summed E-state index contributed by atoms with van der Waals surface area (Å²) in [7, 11) is 0. The van der Waals surface area contributed by atoms with E-state index in [0.29, 0.717) is 11.7 Å². The van der Waals surface area contributed by atoms with Crippen molar-refractivity contribution < 1.29 is 5.11 Å². The number of aliphatic hydroxyl groups is 1. The molecule has 0 aliphatic heterocycles. The first-order valence-electron chi connectivity index (χ1n) is 6.24. The van der Waals surface area contributed by atoms with Gasteiger partial charge >= 0.3 is 0 Å². The third-order valence-electron chi connectivity index (χ3n) is 3.41. The highest BCUT2D eigenvalue weighted by Crippen LogP contribution is 2.31. The van der Waals surface area contributed by atoms with Crippen molar-refractivity contribution in [1.29, 1.82) is 0 Å². The number of aryl methyl sites for hydroxylation is 1. The molecule has 0 spiro atoms. The molecular weight excluding hydrogens is 200 g/mol. The molecule has 1 heterocycles. The van der Waals surface area contributed by atoms with Crippen molar-refractivity contribution in [3.8, 4) is 0 Å². The Morgan fingerprint density at radius 1 is 1.12 bits per heavy atom. The third-order valence-corrected chi connectivity index (χ3v) is 3.41. The fourth-order valence-corrected chi connectivity index (χ4v) is 2.39. The molecule has 0 aromatic carbocycles. The van der Waals surface area contributed by atoms with Crippen molar-refractivity contribution in [2.45, 2.75) is 51.6 Å². The molecular formula is C13H20N2O. The first-order chi connectivity index (χ1) is 7.77. The molecule has 1 aromatic heterocycles. The molecule has 2 rings (SSSR count). The molecule has 1 N–H and O–H groups in total. The molecule has 0 saturated heterocycles. The second-order valence-corrected chi connectivity index (χ2v) is 4.82. The summed E-state index contributed by atoms with van der Waals surface area (Å²) in [4.78, 5) is 8.45. The zero-order valence-electron chi connectivity index (χ0n) is 9.89. The van der Waals surface area contributed by atoms with E-state index in [0.717, 1.165) is 18.4 Å². The Labute approximate surface area is 96.9 Å². The quantitative estimate of drug-likeness (QED) is 0.779. The predicted molar refractivity (Wildman–Crippen MR) is 62.9 cm³/mol. The van der Waals surface area contributed by atoms with E-state index in [1.165, 1.54) is 25.7 Å². The van der Waals surface area contributed by atoms with Gasteiger partial charge in [0.25, 0.3) is 0 Å². The molecule has 1 unspecified atom stereocenters. The van der Waals surface area contributed by atoms with Gasteiger partial charge in [0.1, 0.15) is 6.10 Å². The Morgan fingerprint density at radius 3 is 2.25 bits per heavy atom. The van der Waals surface area contributed by atoms with Crippen molar-refractivity contribution >= 4 is 0 Å². The first-order valence-corrected chi connectivity index (χ1v) is 6.24. The van der Waals surface area contributed by atoms with Crippen LogP contribution in [0.4, 0.5) is 0 Å². The summed E-state index contributed by atoms with van der Waals surface area (Å²) in [6.45, 7) is 1.96.